The Morgan fingerprint density at radius 1 is 1.45 bits per heavy atom. The summed E-state index contributed by atoms with van der Waals surface area (Å²) < 4.78 is 23.0. The molecule has 0 aromatic heterocycles. The second-order valence-electron chi connectivity index (χ2n) is 4.95. The van der Waals surface area contributed by atoms with Crippen LogP contribution in [0.25, 0.3) is 0 Å². The zero-order chi connectivity index (χ0) is 14.8. The normalized spacial score (nSPS) is 19.6. The van der Waals surface area contributed by atoms with Crippen LogP contribution < -0.4 is 10.6 Å². The van der Waals surface area contributed by atoms with Gasteiger partial charge < -0.3 is 10.6 Å². The van der Waals surface area contributed by atoms with E-state index in [1.165, 1.54) is 18.2 Å². The number of benzene rings is 1. The summed E-state index contributed by atoms with van der Waals surface area (Å²) in [6.07, 6.45) is 2.89. The van der Waals surface area contributed by atoms with E-state index in [-0.39, 0.29) is 16.7 Å². The molecule has 20 heavy (non-hydrogen) atoms. The lowest BCUT2D eigenvalue weighted by Crippen LogP contribution is -2.37. The minimum absolute atomic E-state index is 0.110. The summed E-state index contributed by atoms with van der Waals surface area (Å²) in [6, 6.07) is 4.30. The predicted molar refractivity (Wildman–Crippen MR) is 78.8 cm³/mol. The number of sulfone groups is 1. The Bertz CT molecular complexity index is 610. The third-order valence-electron chi connectivity index (χ3n) is 3.29. The number of hydrogen-bond donors (Lipinski definition) is 2. The highest BCUT2D eigenvalue weighted by atomic mass is 35.5. The molecule has 1 fully saturated rings. The fraction of sp³-hybridized carbons (Fsp3) is 0.462. The predicted octanol–water partition coefficient (Wildman–Crippen LogP) is 1.68. The molecule has 1 amide bonds. The third-order valence-corrected chi connectivity index (χ3v) is 4.73. The van der Waals surface area contributed by atoms with Gasteiger partial charge in [0.15, 0.2) is 9.84 Å². The molecule has 1 saturated heterocycles. The smallest absolute Gasteiger partial charge is 0.228 e. The molecule has 1 aromatic rings. The van der Waals surface area contributed by atoms with Crippen LogP contribution >= 0.6 is 11.6 Å². The Hall–Kier alpha value is -1.11. The largest absolute Gasteiger partial charge is 0.324 e. The van der Waals surface area contributed by atoms with Gasteiger partial charge in [-0.25, -0.2) is 8.42 Å². The van der Waals surface area contributed by atoms with Gasteiger partial charge in [0.05, 0.1) is 21.5 Å². The standard InChI is InChI=1S/C13H17ClN2O3S/c1-20(18,19)10-4-5-11(14)12(7-10)16-13(17)9-3-2-6-15-8-9/h4-5,7,9,15H,2-3,6,8H2,1H3,(H,16,17)/t9-/m1/s1. The zero-order valence-corrected chi connectivity index (χ0v) is 12.7. The van der Waals surface area contributed by atoms with Gasteiger partial charge in [0.25, 0.3) is 0 Å². The van der Waals surface area contributed by atoms with Crippen LogP contribution in [0.5, 0.6) is 0 Å². The van der Waals surface area contributed by atoms with Gasteiger partial charge in [-0.05, 0) is 37.6 Å². The second kappa shape index (κ2) is 6.11. The number of halogens is 1. The molecule has 5 nitrogen and oxygen atoms in total. The van der Waals surface area contributed by atoms with E-state index in [1.807, 2.05) is 0 Å². The topological polar surface area (TPSA) is 75.3 Å². The van der Waals surface area contributed by atoms with Gasteiger partial charge in [-0.1, -0.05) is 11.6 Å². The Morgan fingerprint density at radius 2 is 2.20 bits per heavy atom. The fourth-order valence-corrected chi connectivity index (χ4v) is 2.95. The summed E-state index contributed by atoms with van der Waals surface area (Å²) >= 11 is 6.00. The molecule has 0 aliphatic carbocycles. The van der Waals surface area contributed by atoms with Crippen molar-refractivity contribution in [3.8, 4) is 0 Å². The Morgan fingerprint density at radius 3 is 2.80 bits per heavy atom. The monoisotopic (exact) mass is 316 g/mol. The summed E-state index contributed by atoms with van der Waals surface area (Å²) in [4.78, 5) is 12.3. The average Bonchev–Trinajstić information content (AvgIpc) is 2.41. The molecule has 7 heteroatoms. The lowest BCUT2D eigenvalue weighted by molar-refractivity contribution is -0.120. The highest BCUT2D eigenvalue weighted by molar-refractivity contribution is 7.90. The summed E-state index contributed by atoms with van der Waals surface area (Å²) in [7, 11) is -3.33. The van der Waals surface area contributed by atoms with Crippen LogP contribution in [0.4, 0.5) is 5.69 Å². The number of nitrogens with one attached hydrogen (secondary N) is 2. The van der Waals surface area contributed by atoms with E-state index in [2.05, 4.69) is 10.6 Å². The maximum absolute atomic E-state index is 12.1. The molecule has 0 spiro atoms. The van der Waals surface area contributed by atoms with Crippen LogP contribution in [0.2, 0.25) is 5.02 Å². The van der Waals surface area contributed by atoms with Crippen molar-refractivity contribution >= 4 is 33.0 Å². The zero-order valence-electron chi connectivity index (χ0n) is 11.1. The molecular weight excluding hydrogens is 300 g/mol. The molecule has 1 heterocycles. The lowest BCUT2D eigenvalue weighted by atomic mass is 9.99. The van der Waals surface area contributed by atoms with Gasteiger partial charge in [-0.2, -0.15) is 0 Å². The summed E-state index contributed by atoms with van der Waals surface area (Å²) in [5, 5.41) is 6.21. The molecule has 0 saturated carbocycles. The first kappa shape index (κ1) is 15.3. The van der Waals surface area contributed by atoms with Crippen LogP contribution in [0, 0.1) is 5.92 Å². The quantitative estimate of drug-likeness (QED) is 0.889. The van der Waals surface area contributed by atoms with Gasteiger partial charge in [-0.15, -0.1) is 0 Å². The maximum atomic E-state index is 12.1. The van der Waals surface area contributed by atoms with Gasteiger partial charge in [0, 0.05) is 12.8 Å². The maximum Gasteiger partial charge on any atom is 0.228 e. The number of piperidine rings is 1. The number of hydrogen-bond acceptors (Lipinski definition) is 4. The molecule has 0 unspecified atom stereocenters. The van der Waals surface area contributed by atoms with E-state index in [1.54, 1.807) is 0 Å². The Labute approximate surface area is 123 Å². The Kier molecular flexibility index (Phi) is 4.67. The molecule has 110 valence electrons. The average molecular weight is 317 g/mol. The minimum atomic E-state index is -3.33. The Balaban J connectivity index is 2.18. The number of carbonyl (C=O) groups is 1. The first-order chi connectivity index (χ1) is 9.38. The van der Waals surface area contributed by atoms with E-state index in [0.717, 1.165) is 25.6 Å². The van der Waals surface area contributed by atoms with Crippen LogP contribution in [-0.4, -0.2) is 33.7 Å². The molecule has 1 atom stereocenters. The van der Waals surface area contributed by atoms with Crippen LogP contribution in [0.15, 0.2) is 23.1 Å². The van der Waals surface area contributed by atoms with Crippen molar-refractivity contribution in [3.05, 3.63) is 23.2 Å². The molecular formula is C13H17ClN2O3S. The van der Waals surface area contributed by atoms with Crippen molar-refractivity contribution in [1.29, 1.82) is 0 Å². The number of carbonyl (C=O) groups excluding carboxylic acids is 1. The van der Waals surface area contributed by atoms with E-state index >= 15 is 0 Å². The summed E-state index contributed by atoms with van der Waals surface area (Å²) in [5.74, 6) is -0.244. The highest BCUT2D eigenvalue weighted by Crippen LogP contribution is 2.26. The van der Waals surface area contributed by atoms with Crippen molar-refractivity contribution < 1.29 is 13.2 Å². The lowest BCUT2D eigenvalue weighted by Gasteiger charge is -2.22. The van der Waals surface area contributed by atoms with Crippen molar-refractivity contribution in [2.75, 3.05) is 24.7 Å². The molecule has 0 radical (unpaired) electrons. The van der Waals surface area contributed by atoms with Gasteiger partial charge in [-0.3, -0.25) is 4.79 Å². The number of amides is 1. The minimum Gasteiger partial charge on any atom is -0.324 e. The molecule has 1 aliphatic heterocycles. The van der Waals surface area contributed by atoms with Gasteiger partial charge in [0.2, 0.25) is 5.91 Å². The first-order valence-corrected chi connectivity index (χ1v) is 8.66. The van der Waals surface area contributed by atoms with Crippen molar-refractivity contribution in [2.24, 2.45) is 5.92 Å². The van der Waals surface area contributed by atoms with Gasteiger partial charge in [0.1, 0.15) is 0 Å². The SMILES string of the molecule is CS(=O)(=O)c1ccc(Cl)c(NC(=O)[C@@H]2CCCNC2)c1. The third kappa shape index (κ3) is 3.71. The first-order valence-electron chi connectivity index (χ1n) is 6.39. The van der Waals surface area contributed by atoms with E-state index in [4.69, 9.17) is 11.6 Å². The highest BCUT2D eigenvalue weighted by Gasteiger charge is 2.22. The molecule has 2 N–H and O–H groups in total. The van der Waals surface area contributed by atoms with E-state index < -0.39 is 9.84 Å². The van der Waals surface area contributed by atoms with E-state index in [0.29, 0.717) is 17.3 Å². The van der Waals surface area contributed by atoms with Gasteiger partial charge >= 0.3 is 0 Å². The van der Waals surface area contributed by atoms with Crippen LogP contribution in [-0.2, 0) is 14.6 Å². The van der Waals surface area contributed by atoms with Crippen molar-refractivity contribution in [3.63, 3.8) is 0 Å². The molecule has 1 aliphatic rings. The molecule has 1 aromatic carbocycles. The van der Waals surface area contributed by atoms with Crippen molar-refractivity contribution in [1.82, 2.24) is 5.32 Å². The fourth-order valence-electron chi connectivity index (χ4n) is 2.14. The molecule has 2 rings (SSSR count). The van der Waals surface area contributed by atoms with Crippen LogP contribution in [0.3, 0.4) is 0 Å². The van der Waals surface area contributed by atoms with E-state index in [9.17, 15) is 13.2 Å². The second-order valence-corrected chi connectivity index (χ2v) is 7.37. The summed E-state index contributed by atoms with van der Waals surface area (Å²) in [6.45, 7) is 1.56. The molecule has 0 bridgehead atoms. The number of rotatable bonds is 3. The van der Waals surface area contributed by atoms with Crippen molar-refractivity contribution in [2.45, 2.75) is 17.7 Å². The number of anilines is 1. The van der Waals surface area contributed by atoms with Crippen LogP contribution in [0.1, 0.15) is 12.8 Å². The summed E-state index contributed by atoms with van der Waals surface area (Å²) in [5.41, 5.74) is 0.338.